The van der Waals surface area contributed by atoms with E-state index in [1.807, 2.05) is 0 Å². The van der Waals surface area contributed by atoms with Crippen LogP contribution in [0.25, 0.3) is 0 Å². The maximum atomic E-state index is 12.9. The molecule has 0 aliphatic heterocycles. The van der Waals surface area contributed by atoms with Gasteiger partial charge in [-0.15, -0.1) is 0 Å². The molecule has 4 fully saturated rings. The van der Waals surface area contributed by atoms with Crippen LogP contribution in [0.15, 0.2) is 24.3 Å². The van der Waals surface area contributed by atoms with Crippen LogP contribution in [0.4, 0.5) is 14.5 Å². The van der Waals surface area contributed by atoms with Crippen LogP contribution in [0.1, 0.15) is 38.5 Å². The van der Waals surface area contributed by atoms with Gasteiger partial charge in [-0.25, -0.2) is 0 Å². The Bertz CT molecular complexity index is 564. The van der Waals surface area contributed by atoms with E-state index in [2.05, 4.69) is 10.1 Å². The molecular weight excluding hydrogens is 300 g/mol. The molecule has 0 radical (unpaired) electrons. The molecule has 0 spiro atoms. The molecule has 0 aromatic heterocycles. The van der Waals surface area contributed by atoms with Gasteiger partial charge in [0.1, 0.15) is 5.75 Å². The van der Waals surface area contributed by atoms with Crippen molar-refractivity contribution in [2.45, 2.75) is 45.1 Å². The van der Waals surface area contributed by atoms with Crippen LogP contribution in [-0.2, 0) is 4.79 Å². The van der Waals surface area contributed by atoms with Crippen LogP contribution >= 0.6 is 0 Å². The summed E-state index contributed by atoms with van der Waals surface area (Å²) in [7, 11) is 0. The fourth-order valence-electron chi connectivity index (χ4n) is 5.37. The largest absolute Gasteiger partial charge is 0.435 e. The Balaban J connectivity index is 1.45. The first kappa shape index (κ1) is 14.9. The van der Waals surface area contributed by atoms with Gasteiger partial charge in [-0.2, -0.15) is 8.78 Å². The molecule has 1 N–H and O–H groups in total. The molecule has 4 bridgehead atoms. The minimum Gasteiger partial charge on any atom is -0.435 e. The van der Waals surface area contributed by atoms with Crippen molar-refractivity contribution in [1.82, 2.24) is 0 Å². The van der Waals surface area contributed by atoms with Gasteiger partial charge in [-0.05, 0) is 80.5 Å². The lowest BCUT2D eigenvalue weighted by Crippen LogP contribution is -2.51. The number of anilines is 1. The molecule has 0 unspecified atom stereocenters. The van der Waals surface area contributed by atoms with E-state index in [4.69, 9.17) is 0 Å². The molecule has 1 aromatic carbocycles. The molecular formula is C18H21F2NO2. The molecule has 5 rings (SSSR count). The summed E-state index contributed by atoms with van der Waals surface area (Å²) in [4.78, 5) is 12.9. The number of benzene rings is 1. The fraction of sp³-hybridized carbons (Fsp3) is 0.611. The van der Waals surface area contributed by atoms with Crippen molar-refractivity contribution in [1.29, 1.82) is 0 Å². The number of ether oxygens (including phenoxy) is 1. The molecule has 1 amide bonds. The van der Waals surface area contributed by atoms with Crippen LogP contribution in [-0.4, -0.2) is 12.5 Å². The Morgan fingerprint density at radius 3 is 2.04 bits per heavy atom. The van der Waals surface area contributed by atoms with E-state index in [1.54, 1.807) is 12.1 Å². The summed E-state index contributed by atoms with van der Waals surface area (Å²) in [6.07, 6.45) is 6.93. The summed E-state index contributed by atoms with van der Waals surface area (Å²) in [5.41, 5.74) is 0.444. The number of rotatable bonds is 4. The first-order chi connectivity index (χ1) is 11.0. The van der Waals surface area contributed by atoms with Crippen molar-refractivity contribution < 1.29 is 18.3 Å². The van der Waals surface area contributed by atoms with E-state index in [0.717, 1.165) is 19.3 Å². The number of carbonyl (C=O) groups excluding carboxylic acids is 1. The highest BCUT2D eigenvalue weighted by Crippen LogP contribution is 2.60. The highest BCUT2D eigenvalue weighted by atomic mass is 19.3. The first-order valence-electron chi connectivity index (χ1n) is 8.39. The van der Waals surface area contributed by atoms with Crippen LogP contribution < -0.4 is 10.1 Å². The topological polar surface area (TPSA) is 38.3 Å². The number of nitrogens with one attached hydrogen (secondary N) is 1. The molecule has 3 nitrogen and oxygen atoms in total. The van der Waals surface area contributed by atoms with Gasteiger partial charge in [0.2, 0.25) is 5.91 Å². The quantitative estimate of drug-likeness (QED) is 0.890. The minimum absolute atomic E-state index is 0.104. The minimum atomic E-state index is -2.83. The Morgan fingerprint density at radius 1 is 1.04 bits per heavy atom. The van der Waals surface area contributed by atoms with Gasteiger partial charge in [0.05, 0.1) is 5.41 Å². The lowest BCUT2D eigenvalue weighted by Gasteiger charge is -2.55. The number of amides is 1. The molecule has 4 aliphatic rings. The number of hydrogen-bond acceptors (Lipinski definition) is 2. The van der Waals surface area contributed by atoms with Crippen LogP contribution in [0, 0.1) is 23.2 Å². The smallest absolute Gasteiger partial charge is 0.387 e. The molecule has 4 saturated carbocycles. The summed E-state index contributed by atoms with van der Waals surface area (Å²) in [6, 6.07) is 6.16. The summed E-state index contributed by atoms with van der Waals surface area (Å²) in [5, 5.41) is 3.00. The summed E-state index contributed by atoms with van der Waals surface area (Å²) in [6.45, 7) is -2.83. The van der Waals surface area contributed by atoms with Gasteiger partial charge in [0.25, 0.3) is 0 Å². The second-order valence-corrected chi connectivity index (χ2v) is 7.55. The lowest BCUT2D eigenvalue weighted by atomic mass is 9.49. The average Bonchev–Trinajstić information content (AvgIpc) is 2.47. The van der Waals surface area contributed by atoms with Gasteiger partial charge >= 0.3 is 6.61 Å². The van der Waals surface area contributed by atoms with Gasteiger partial charge in [0, 0.05) is 5.69 Å². The maximum Gasteiger partial charge on any atom is 0.387 e. The van der Waals surface area contributed by atoms with Gasteiger partial charge in [0.15, 0.2) is 0 Å². The third kappa shape index (κ3) is 2.81. The first-order valence-corrected chi connectivity index (χ1v) is 8.39. The normalized spacial score (nSPS) is 34.7. The van der Waals surface area contributed by atoms with Crippen molar-refractivity contribution in [2.24, 2.45) is 23.2 Å². The Labute approximate surface area is 134 Å². The van der Waals surface area contributed by atoms with E-state index >= 15 is 0 Å². The highest BCUT2D eigenvalue weighted by molar-refractivity contribution is 5.95. The molecule has 23 heavy (non-hydrogen) atoms. The van der Waals surface area contributed by atoms with Crippen LogP contribution in [0.3, 0.4) is 0 Å². The van der Waals surface area contributed by atoms with Crippen molar-refractivity contribution in [3.05, 3.63) is 24.3 Å². The third-order valence-corrected chi connectivity index (χ3v) is 5.86. The van der Waals surface area contributed by atoms with Crippen LogP contribution in [0.5, 0.6) is 5.75 Å². The van der Waals surface area contributed by atoms with E-state index in [9.17, 15) is 13.6 Å². The zero-order chi connectivity index (χ0) is 16.0. The van der Waals surface area contributed by atoms with Gasteiger partial charge < -0.3 is 10.1 Å². The van der Waals surface area contributed by atoms with Crippen molar-refractivity contribution in [3.8, 4) is 5.75 Å². The molecule has 1 aromatic rings. The monoisotopic (exact) mass is 321 g/mol. The maximum absolute atomic E-state index is 12.9. The SMILES string of the molecule is O=C(Nc1ccc(OC(F)F)cc1)C12CC3CC(CC(C3)C1)C2. The Morgan fingerprint density at radius 2 is 1.57 bits per heavy atom. The van der Waals surface area contributed by atoms with Crippen molar-refractivity contribution in [3.63, 3.8) is 0 Å². The predicted molar refractivity (Wildman–Crippen MR) is 82.3 cm³/mol. The Hall–Kier alpha value is -1.65. The standard InChI is InChI=1S/C18H21F2NO2/c19-17(20)23-15-3-1-14(2-4-15)21-16(22)18-8-11-5-12(9-18)7-13(6-11)10-18/h1-4,11-13,17H,5-10H2,(H,21,22). The molecule has 0 heterocycles. The van der Waals surface area contributed by atoms with Crippen molar-refractivity contribution in [2.75, 3.05) is 5.32 Å². The fourth-order valence-corrected chi connectivity index (χ4v) is 5.37. The summed E-state index contributed by atoms with van der Waals surface area (Å²) < 4.78 is 28.7. The third-order valence-electron chi connectivity index (χ3n) is 5.86. The zero-order valence-electron chi connectivity index (χ0n) is 12.9. The molecule has 5 heteroatoms. The zero-order valence-corrected chi connectivity index (χ0v) is 12.9. The van der Waals surface area contributed by atoms with Crippen molar-refractivity contribution >= 4 is 11.6 Å². The summed E-state index contributed by atoms with van der Waals surface area (Å²) >= 11 is 0. The lowest BCUT2D eigenvalue weighted by molar-refractivity contribution is -0.140. The van der Waals surface area contributed by atoms with E-state index in [1.165, 1.54) is 31.4 Å². The Kier molecular flexibility index (Phi) is 3.54. The second-order valence-electron chi connectivity index (χ2n) is 7.55. The summed E-state index contributed by atoms with van der Waals surface area (Å²) in [5.74, 6) is 2.36. The van der Waals surface area contributed by atoms with E-state index in [-0.39, 0.29) is 17.1 Å². The van der Waals surface area contributed by atoms with Gasteiger partial charge in [-0.3, -0.25) is 4.79 Å². The predicted octanol–water partition coefficient (Wildman–Crippen LogP) is 4.44. The second kappa shape index (κ2) is 5.46. The number of hydrogen-bond donors (Lipinski definition) is 1. The average molecular weight is 321 g/mol. The van der Waals surface area contributed by atoms with E-state index < -0.39 is 6.61 Å². The molecule has 4 aliphatic carbocycles. The molecule has 124 valence electrons. The molecule has 0 saturated heterocycles. The number of halogens is 2. The highest BCUT2D eigenvalue weighted by Gasteiger charge is 2.54. The number of carbonyl (C=O) groups is 1. The van der Waals surface area contributed by atoms with Gasteiger partial charge in [-0.1, -0.05) is 0 Å². The van der Waals surface area contributed by atoms with Crippen LogP contribution in [0.2, 0.25) is 0 Å². The molecule has 0 atom stereocenters. The number of alkyl halides is 2. The van der Waals surface area contributed by atoms with E-state index in [0.29, 0.717) is 23.4 Å².